The zero-order valence-corrected chi connectivity index (χ0v) is 17.9. The molecule has 1 amide bonds. The maximum Gasteiger partial charge on any atom is 0.234 e. The monoisotopic (exact) mass is 447 g/mol. The molecule has 0 unspecified atom stereocenters. The third-order valence-electron chi connectivity index (χ3n) is 5.20. The largest absolute Gasteiger partial charge is 0.467 e. The lowest BCUT2D eigenvalue weighted by molar-refractivity contribution is -0.113. The van der Waals surface area contributed by atoms with E-state index in [1.807, 2.05) is 16.7 Å². The number of furan rings is 1. The highest BCUT2D eigenvalue weighted by atomic mass is 32.2. The summed E-state index contributed by atoms with van der Waals surface area (Å²) in [6.07, 6.45) is 3.78. The highest BCUT2D eigenvalue weighted by molar-refractivity contribution is 7.99. The molecule has 0 bridgehead atoms. The average Bonchev–Trinajstić information content (AvgIpc) is 3.40. The summed E-state index contributed by atoms with van der Waals surface area (Å²) < 4.78 is 34.3. The summed E-state index contributed by atoms with van der Waals surface area (Å²) in [5.74, 6) is 0.251. The molecule has 1 saturated heterocycles. The summed E-state index contributed by atoms with van der Waals surface area (Å²) in [4.78, 5) is 14.5. The van der Waals surface area contributed by atoms with Crippen molar-refractivity contribution in [3.63, 3.8) is 0 Å². The van der Waals surface area contributed by atoms with Crippen molar-refractivity contribution in [2.45, 2.75) is 31.5 Å². The van der Waals surface area contributed by atoms with Gasteiger partial charge in [0.2, 0.25) is 11.9 Å². The van der Waals surface area contributed by atoms with Gasteiger partial charge in [0.15, 0.2) is 5.16 Å². The van der Waals surface area contributed by atoms with Crippen molar-refractivity contribution in [3.05, 3.63) is 54.0 Å². The number of nitrogens with zero attached hydrogens (tertiary/aromatic N) is 4. The van der Waals surface area contributed by atoms with Crippen molar-refractivity contribution in [3.8, 4) is 0 Å². The van der Waals surface area contributed by atoms with Crippen molar-refractivity contribution in [1.29, 1.82) is 0 Å². The molecular formula is C21H23F2N5O2S. The lowest BCUT2D eigenvalue weighted by atomic mass is 10.00. The van der Waals surface area contributed by atoms with Gasteiger partial charge in [-0.1, -0.05) is 18.7 Å². The van der Waals surface area contributed by atoms with Gasteiger partial charge in [-0.3, -0.25) is 9.36 Å². The van der Waals surface area contributed by atoms with Gasteiger partial charge in [-0.15, -0.1) is 10.2 Å². The molecule has 164 valence electrons. The molecule has 4 rings (SSSR count). The second-order valence-corrected chi connectivity index (χ2v) is 8.52. The van der Waals surface area contributed by atoms with Crippen molar-refractivity contribution in [1.82, 2.24) is 14.8 Å². The fourth-order valence-corrected chi connectivity index (χ4v) is 4.17. The maximum atomic E-state index is 13.8. The molecule has 1 aliphatic rings. The van der Waals surface area contributed by atoms with Gasteiger partial charge in [0.05, 0.1) is 24.2 Å². The molecule has 1 aliphatic heterocycles. The maximum absolute atomic E-state index is 13.8. The van der Waals surface area contributed by atoms with Crippen LogP contribution >= 0.6 is 11.8 Å². The van der Waals surface area contributed by atoms with Gasteiger partial charge in [0, 0.05) is 19.2 Å². The second kappa shape index (κ2) is 9.51. The molecule has 0 aliphatic carbocycles. The first kappa shape index (κ1) is 21.4. The van der Waals surface area contributed by atoms with E-state index in [0.717, 1.165) is 49.8 Å². The van der Waals surface area contributed by atoms with Crippen molar-refractivity contribution in [2.75, 3.05) is 29.1 Å². The number of aromatic nitrogens is 3. The number of piperidine rings is 1. The van der Waals surface area contributed by atoms with E-state index in [1.165, 1.54) is 17.8 Å². The van der Waals surface area contributed by atoms with Crippen molar-refractivity contribution in [2.24, 2.45) is 5.92 Å². The van der Waals surface area contributed by atoms with E-state index in [-0.39, 0.29) is 11.4 Å². The van der Waals surface area contributed by atoms with E-state index in [9.17, 15) is 13.6 Å². The lowest BCUT2D eigenvalue weighted by Crippen LogP contribution is -2.35. The third-order valence-corrected chi connectivity index (χ3v) is 6.16. The van der Waals surface area contributed by atoms with Crippen LogP contribution in [0.5, 0.6) is 0 Å². The number of hydrogen-bond acceptors (Lipinski definition) is 6. The van der Waals surface area contributed by atoms with Gasteiger partial charge >= 0.3 is 0 Å². The zero-order valence-electron chi connectivity index (χ0n) is 17.1. The molecule has 2 aromatic heterocycles. The van der Waals surface area contributed by atoms with Crippen molar-refractivity contribution >= 4 is 29.3 Å². The third kappa shape index (κ3) is 5.25. The lowest BCUT2D eigenvalue weighted by Gasteiger charge is -2.31. The molecule has 0 spiro atoms. The molecule has 0 radical (unpaired) electrons. The highest BCUT2D eigenvalue weighted by Gasteiger charge is 2.24. The van der Waals surface area contributed by atoms with Gasteiger partial charge in [0.25, 0.3) is 0 Å². The second-order valence-electron chi connectivity index (χ2n) is 7.58. The predicted molar refractivity (Wildman–Crippen MR) is 114 cm³/mol. The summed E-state index contributed by atoms with van der Waals surface area (Å²) >= 11 is 1.20. The molecule has 0 saturated carbocycles. The molecular weight excluding hydrogens is 424 g/mol. The number of amides is 1. The van der Waals surface area contributed by atoms with E-state index < -0.39 is 17.5 Å². The van der Waals surface area contributed by atoms with Gasteiger partial charge in [0.1, 0.15) is 17.4 Å². The number of carbonyl (C=O) groups is 1. The van der Waals surface area contributed by atoms with Crippen LogP contribution in [-0.2, 0) is 11.3 Å². The average molecular weight is 448 g/mol. The molecule has 31 heavy (non-hydrogen) atoms. The van der Waals surface area contributed by atoms with Gasteiger partial charge in [-0.25, -0.2) is 8.78 Å². The number of rotatable bonds is 7. The minimum atomic E-state index is -0.819. The topological polar surface area (TPSA) is 76.2 Å². The molecule has 7 nitrogen and oxygen atoms in total. The van der Waals surface area contributed by atoms with E-state index in [1.54, 1.807) is 6.26 Å². The summed E-state index contributed by atoms with van der Waals surface area (Å²) in [7, 11) is 0. The summed E-state index contributed by atoms with van der Waals surface area (Å²) in [6.45, 7) is 4.48. The Morgan fingerprint density at radius 1 is 1.26 bits per heavy atom. The van der Waals surface area contributed by atoms with E-state index in [2.05, 4.69) is 27.3 Å². The van der Waals surface area contributed by atoms with Gasteiger partial charge < -0.3 is 14.6 Å². The number of nitrogens with one attached hydrogen (secondary N) is 1. The Morgan fingerprint density at radius 3 is 2.77 bits per heavy atom. The Bertz CT molecular complexity index is 1030. The first-order chi connectivity index (χ1) is 15.0. The Morgan fingerprint density at radius 2 is 2.06 bits per heavy atom. The van der Waals surface area contributed by atoms with Crippen LogP contribution in [0.3, 0.4) is 0 Å². The van der Waals surface area contributed by atoms with Gasteiger partial charge in [-0.2, -0.15) is 0 Å². The Hall–Kier alpha value is -2.88. The number of thioether (sulfide) groups is 1. The SMILES string of the molecule is CC1CCN(c2nnc(SCC(=O)Nc3ccc(F)cc3F)n2Cc2ccco2)CC1. The molecule has 10 heteroatoms. The normalized spacial score (nSPS) is 14.7. The molecule has 1 N–H and O–H groups in total. The Kier molecular flexibility index (Phi) is 6.55. The van der Waals surface area contributed by atoms with Crippen LogP contribution in [0.2, 0.25) is 0 Å². The van der Waals surface area contributed by atoms with Crippen LogP contribution in [-0.4, -0.2) is 39.5 Å². The number of halogens is 2. The predicted octanol–water partition coefficient (Wildman–Crippen LogP) is 4.16. The van der Waals surface area contributed by atoms with E-state index in [0.29, 0.717) is 17.6 Å². The number of carbonyl (C=O) groups excluding carboxylic acids is 1. The van der Waals surface area contributed by atoms with Crippen molar-refractivity contribution < 1.29 is 18.0 Å². The van der Waals surface area contributed by atoms with Crippen LogP contribution in [0.25, 0.3) is 0 Å². The summed E-state index contributed by atoms with van der Waals surface area (Å²) in [6, 6.07) is 6.72. The molecule has 1 fully saturated rings. The number of benzene rings is 1. The minimum absolute atomic E-state index is 0.00411. The minimum Gasteiger partial charge on any atom is -0.467 e. The quantitative estimate of drug-likeness (QED) is 0.548. The standard InChI is InChI=1S/C21H23F2N5O2S/c1-14-6-8-27(9-7-14)20-25-26-21(28(20)12-16-3-2-10-30-16)31-13-19(29)24-18-5-4-15(22)11-17(18)23/h2-5,10-11,14H,6-9,12-13H2,1H3,(H,24,29). The number of hydrogen-bond donors (Lipinski definition) is 1. The van der Waals surface area contributed by atoms with E-state index in [4.69, 9.17) is 4.42 Å². The van der Waals surface area contributed by atoms with E-state index >= 15 is 0 Å². The molecule has 3 aromatic rings. The molecule has 0 atom stereocenters. The fraction of sp³-hybridized carbons (Fsp3) is 0.381. The Balaban J connectivity index is 1.47. The number of anilines is 2. The summed E-state index contributed by atoms with van der Waals surface area (Å²) in [5, 5.41) is 11.7. The Labute approximate surface area is 182 Å². The summed E-state index contributed by atoms with van der Waals surface area (Å²) in [5.41, 5.74) is -0.0628. The first-order valence-electron chi connectivity index (χ1n) is 10.1. The van der Waals surface area contributed by atoms with Crippen LogP contribution in [0.4, 0.5) is 20.4 Å². The van der Waals surface area contributed by atoms with Crippen LogP contribution in [0.15, 0.2) is 46.2 Å². The van der Waals surface area contributed by atoms with Crippen LogP contribution in [0.1, 0.15) is 25.5 Å². The fourth-order valence-electron chi connectivity index (χ4n) is 3.43. The first-order valence-corrected chi connectivity index (χ1v) is 11.1. The molecule has 3 heterocycles. The zero-order chi connectivity index (χ0) is 21.8. The van der Waals surface area contributed by atoms with Gasteiger partial charge in [-0.05, 0) is 43.0 Å². The molecule has 1 aromatic carbocycles. The smallest absolute Gasteiger partial charge is 0.234 e. The highest BCUT2D eigenvalue weighted by Crippen LogP contribution is 2.27. The van der Waals surface area contributed by atoms with Crippen LogP contribution < -0.4 is 10.2 Å². The van der Waals surface area contributed by atoms with Crippen LogP contribution in [0, 0.1) is 17.6 Å².